The molecule has 1 N–H and O–H groups in total. The van der Waals surface area contributed by atoms with Crippen LogP contribution in [0.1, 0.15) is 24.0 Å². The highest BCUT2D eigenvalue weighted by Gasteiger charge is 2.23. The molecule has 2 aromatic rings. The summed E-state index contributed by atoms with van der Waals surface area (Å²) in [6.45, 7) is 8.00. The van der Waals surface area contributed by atoms with E-state index in [1.807, 2.05) is 13.8 Å². The Morgan fingerprint density at radius 3 is 2.35 bits per heavy atom. The number of sulfonamides is 1. The molecule has 0 saturated heterocycles. The summed E-state index contributed by atoms with van der Waals surface area (Å²) in [6, 6.07) is 0. The van der Waals surface area contributed by atoms with E-state index in [-0.39, 0.29) is 4.90 Å². The summed E-state index contributed by atoms with van der Waals surface area (Å²) < 4.78 is 30.8. The van der Waals surface area contributed by atoms with Crippen molar-refractivity contribution in [2.24, 2.45) is 7.05 Å². The minimum Gasteiger partial charge on any atom is -0.276 e. The Labute approximate surface area is 118 Å². The van der Waals surface area contributed by atoms with Crippen LogP contribution in [0.5, 0.6) is 0 Å². The van der Waals surface area contributed by atoms with Crippen molar-refractivity contribution in [2.75, 3.05) is 4.72 Å². The topological polar surface area (TPSA) is 81.8 Å². The fourth-order valence-electron chi connectivity index (χ4n) is 2.08. The van der Waals surface area contributed by atoms with E-state index < -0.39 is 10.0 Å². The van der Waals surface area contributed by atoms with Crippen LogP contribution in [0.4, 0.5) is 5.69 Å². The Balaban J connectivity index is 2.44. The SMILES string of the molecule is CCn1nc(C)c(NS(=O)(=O)c2cnn(C)c2C)c1C. The zero-order valence-corrected chi connectivity index (χ0v) is 13.1. The molecule has 7 nitrogen and oxygen atoms in total. The normalized spacial score (nSPS) is 11.8. The van der Waals surface area contributed by atoms with Crippen LogP contribution >= 0.6 is 0 Å². The fourth-order valence-corrected chi connectivity index (χ4v) is 3.47. The van der Waals surface area contributed by atoms with E-state index >= 15 is 0 Å². The summed E-state index contributed by atoms with van der Waals surface area (Å²) in [6.07, 6.45) is 1.35. The first-order valence-corrected chi connectivity index (χ1v) is 7.81. The molecule has 0 bridgehead atoms. The number of aryl methyl sites for hydroxylation is 3. The van der Waals surface area contributed by atoms with Gasteiger partial charge in [-0.15, -0.1) is 0 Å². The van der Waals surface area contributed by atoms with E-state index in [9.17, 15) is 8.42 Å². The van der Waals surface area contributed by atoms with Crippen LogP contribution < -0.4 is 4.72 Å². The number of hydrogen-bond acceptors (Lipinski definition) is 4. The maximum Gasteiger partial charge on any atom is 0.265 e. The van der Waals surface area contributed by atoms with Crippen LogP contribution in [-0.4, -0.2) is 28.0 Å². The van der Waals surface area contributed by atoms with Gasteiger partial charge in [0.05, 0.1) is 29.0 Å². The van der Waals surface area contributed by atoms with Gasteiger partial charge in [0.15, 0.2) is 0 Å². The Morgan fingerprint density at radius 1 is 1.25 bits per heavy atom. The third-order valence-electron chi connectivity index (χ3n) is 3.40. The zero-order valence-electron chi connectivity index (χ0n) is 12.3. The highest BCUT2D eigenvalue weighted by Crippen LogP contribution is 2.24. The second kappa shape index (κ2) is 4.93. The van der Waals surface area contributed by atoms with Crippen molar-refractivity contribution in [1.82, 2.24) is 19.6 Å². The van der Waals surface area contributed by atoms with E-state index in [1.54, 1.807) is 25.6 Å². The van der Waals surface area contributed by atoms with Gasteiger partial charge in [-0.05, 0) is 27.7 Å². The Hall–Kier alpha value is -1.83. The number of aromatic nitrogens is 4. The summed E-state index contributed by atoms with van der Waals surface area (Å²) in [5.74, 6) is 0. The molecular weight excluding hydrogens is 278 g/mol. The van der Waals surface area contributed by atoms with Crippen LogP contribution in [0.2, 0.25) is 0 Å². The molecule has 2 rings (SSSR count). The molecule has 0 aliphatic heterocycles. The summed E-state index contributed by atoms with van der Waals surface area (Å²) in [4.78, 5) is 0.183. The molecule has 0 aliphatic rings. The van der Waals surface area contributed by atoms with Crippen molar-refractivity contribution in [3.8, 4) is 0 Å². The minimum absolute atomic E-state index is 0.183. The zero-order chi connectivity index (χ0) is 15.1. The van der Waals surface area contributed by atoms with Gasteiger partial charge in [-0.3, -0.25) is 14.1 Å². The molecule has 2 aromatic heterocycles. The van der Waals surface area contributed by atoms with Gasteiger partial charge < -0.3 is 0 Å². The van der Waals surface area contributed by atoms with E-state index in [2.05, 4.69) is 14.9 Å². The molecule has 0 spiro atoms. The molecule has 0 fully saturated rings. The quantitative estimate of drug-likeness (QED) is 0.924. The first kappa shape index (κ1) is 14.6. The lowest BCUT2D eigenvalue weighted by atomic mass is 10.3. The summed E-state index contributed by atoms with van der Waals surface area (Å²) >= 11 is 0. The second-order valence-electron chi connectivity index (χ2n) is 4.68. The van der Waals surface area contributed by atoms with Crippen molar-refractivity contribution in [3.05, 3.63) is 23.3 Å². The van der Waals surface area contributed by atoms with E-state index in [4.69, 9.17) is 0 Å². The predicted octanol–water partition coefficient (Wildman–Crippen LogP) is 1.36. The van der Waals surface area contributed by atoms with Crippen LogP contribution in [0, 0.1) is 20.8 Å². The molecule has 0 unspecified atom stereocenters. The molecule has 8 heteroatoms. The average Bonchev–Trinajstić information content (AvgIpc) is 2.84. The van der Waals surface area contributed by atoms with Crippen molar-refractivity contribution in [1.29, 1.82) is 0 Å². The average molecular weight is 297 g/mol. The lowest BCUT2D eigenvalue weighted by molar-refractivity contribution is 0.600. The Morgan fingerprint density at radius 2 is 1.90 bits per heavy atom. The Kier molecular flexibility index (Phi) is 3.59. The van der Waals surface area contributed by atoms with Crippen LogP contribution in [0.15, 0.2) is 11.1 Å². The van der Waals surface area contributed by atoms with E-state index in [1.165, 1.54) is 10.9 Å². The van der Waals surface area contributed by atoms with Gasteiger partial charge >= 0.3 is 0 Å². The van der Waals surface area contributed by atoms with Crippen LogP contribution in [0.3, 0.4) is 0 Å². The number of rotatable bonds is 4. The molecule has 20 heavy (non-hydrogen) atoms. The first-order chi connectivity index (χ1) is 9.27. The lowest BCUT2D eigenvalue weighted by Gasteiger charge is -2.08. The first-order valence-electron chi connectivity index (χ1n) is 6.33. The number of nitrogens with zero attached hydrogens (tertiary/aromatic N) is 4. The van der Waals surface area contributed by atoms with Crippen LogP contribution in [0.25, 0.3) is 0 Å². The number of anilines is 1. The third kappa shape index (κ3) is 2.31. The van der Waals surface area contributed by atoms with Gasteiger partial charge in [0.25, 0.3) is 10.0 Å². The highest BCUT2D eigenvalue weighted by molar-refractivity contribution is 7.92. The molecule has 110 valence electrons. The predicted molar refractivity (Wildman–Crippen MR) is 76.1 cm³/mol. The number of hydrogen-bond donors (Lipinski definition) is 1. The summed E-state index contributed by atoms with van der Waals surface area (Å²) in [7, 11) is -1.94. The van der Waals surface area contributed by atoms with E-state index in [0.717, 1.165) is 5.69 Å². The molecule has 0 aliphatic carbocycles. The highest BCUT2D eigenvalue weighted by atomic mass is 32.2. The second-order valence-corrected chi connectivity index (χ2v) is 6.34. The summed E-state index contributed by atoms with van der Waals surface area (Å²) in [5.41, 5.74) is 2.59. The molecular formula is C12H19N5O2S. The van der Waals surface area contributed by atoms with Crippen molar-refractivity contribution >= 4 is 15.7 Å². The monoisotopic (exact) mass is 297 g/mol. The third-order valence-corrected chi connectivity index (χ3v) is 4.85. The van der Waals surface area contributed by atoms with Gasteiger partial charge in [0.2, 0.25) is 0 Å². The molecule has 0 aromatic carbocycles. The smallest absolute Gasteiger partial charge is 0.265 e. The lowest BCUT2D eigenvalue weighted by Crippen LogP contribution is -2.15. The molecule has 0 amide bonds. The fraction of sp³-hybridized carbons (Fsp3) is 0.500. The van der Waals surface area contributed by atoms with Gasteiger partial charge in [-0.1, -0.05) is 0 Å². The van der Waals surface area contributed by atoms with Gasteiger partial charge in [0.1, 0.15) is 4.90 Å². The number of nitrogens with one attached hydrogen (secondary N) is 1. The van der Waals surface area contributed by atoms with Crippen molar-refractivity contribution < 1.29 is 8.42 Å². The van der Waals surface area contributed by atoms with Gasteiger partial charge in [0, 0.05) is 13.6 Å². The van der Waals surface area contributed by atoms with Crippen molar-refractivity contribution in [3.63, 3.8) is 0 Å². The van der Waals surface area contributed by atoms with Gasteiger partial charge in [-0.25, -0.2) is 8.42 Å². The maximum atomic E-state index is 12.4. The van der Waals surface area contributed by atoms with E-state index in [0.29, 0.717) is 23.6 Å². The van der Waals surface area contributed by atoms with Gasteiger partial charge in [-0.2, -0.15) is 10.2 Å². The maximum absolute atomic E-state index is 12.4. The molecule has 0 atom stereocenters. The standard InChI is InChI=1S/C12H19N5O2S/c1-6-17-10(4)12(8(2)14-17)15-20(18,19)11-7-13-16(5)9(11)3/h7,15H,6H2,1-5H3. The van der Waals surface area contributed by atoms with Crippen molar-refractivity contribution in [2.45, 2.75) is 39.1 Å². The largest absolute Gasteiger partial charge is 0.276 e. The molecule has 0 saturated carbocycles. The minimum atomic E-state index is -3.65. The molecule has 2 heterocycles. The molecule has 0 radical (unpaired) electrons. The Bertz CT molecular complexity index is 742. The van der Waals surface area contributed by atoms with Crippen LogP contribution in [-0.2, 0) is 23.6 Å². The summed E-state index contributed by atoms with van der Waals surface area (Å²) in [5, 5.41) is 8.27.